The Hall–Kier alpha value is -3.00. The van der Waals surface area contributed by atoms with E-state index in [1.54, 1.807) is 12.1 Å². The number of nitro benzene ring substituents is 1. The molecule has 0 aliphatic rings. The SMILES string of the molecule is CCc1ccc(O)c(NC(=S)NC(=O)c2cccc([N+](=O)[O-])c2C)c1. The monoisotopic (exact) mass is 359 g/mol. The number of carbonyl (C=O) groups is 1. The maximum absolute atomic E-state index is 12.3. The summed E-state index contributed by atoms with van der Waals surface area (Å²) in [5.74, 6) is -0.565. The number of hydrogen-bond acceptors (Lipinski definition) is 5. The standard InChI is InChI=1S/C17H17N3O4S/c1-3-11-7-8-15(21)13(9-11)18-17(25)19-16(22)12-5-4-6-14(10(12)2)20(23)24/h4-9,21H,3H2,1-2H3,(H2,18,19,22,25). The average Bonchev–Trinajstić information content (AvgIpc) is 2.56. The van der Waals surface area contributed by atoms with E-state index < -0.39 is 10.8 Å². The number of nitrogens with one attached hydrogen (secondary N) is 2. The zero-order valence-corrected chi connectivity index (χ0v) is 14.5. The molecule has 0 atom stereocenters. The van der Waals surface area contributed by atoms with Crippen molar-refractivity contribution in [2.24, 2.45) is 0 Å². The van der Waals surface area contributed by atoms with Gasteiger partial charge in [0.05, 0.1) is 10.6 Å². The molecule has 8 heteroatoms. The lowest BCUT2D eigenvalue weighted by Gasteiger charge is -2.12. The third-order valence-electron chi connectivity index (χ3n) is 3.69. The van der Waals surface area contributed by atoms with E-state index in [0.717, 1.165) is 12.0 Å². The number of nitrogens with zero attached hydrogens (tertiary/aromatic N) is 1. The van der Waals surface area contributed by atoms with Crippen LogP contribution in [-0.4, -0.2) is 21.0 Å². The molecular weight excluding hydrogens is 342 g/mol. The fourth-order valence-electron chi connectivity index (χ4n) is 2.29. The lowest BCUT2D eigenvalue weighted by molar-refractivity contribution is -0.385. The van der Waals surface area contributed by atoms with Gasteiger partial charge in [-0.15, -0.1) is 0 Å². The second-order valence-corrected chi connectivity index (χ2v) is 5.73. The Morgan fingerprint density at radius 3 is 2.68 bits per heavy atom. The van der Waals surface area contributed by atoms with Gasteiger partial charge in [-0.2, -0.15) is 0 Å². The predicted octanol–water partition coefficient (Wildman–Crippen LogP) is 3.30. The van der Waals surface area contributed by atoms with Crippen LogP contribution in [0.3, 0.4) is 0 Å². The van der Waals surface area contributed by atoms with Crippen LogP contribution in [0.25, 0.3) is 0 Å². The van der Waals surface area contributed by atoms with Crippen LogP contribution in [0.1, 0.15) is 28.4 Å². The van der Waals surface area contributed by atoms with Crippen LogP contribution in [0.15, 0.2) is 36.4 Å². The number of anilines is 1. The first-order valence-electron chi connectivity index (χ1n) is 7.51. The van der Waals surface area contributed by atoms with Crippen molar-refractivity contribution in [1.29, 1.82) is 0 Å². The van der Waals surface area contributed by atoms with Gasteiger partial charge >= 0.3 is 0 Å². The molecule has 0 aromatic heterocycles. The maximum Gasteiger partial charge on any atom is 0.273 e. The molecule has 7 nitrogen and oxygen atoms in total. The first kappa shape index (κ1) is 18.3. The Labute approximate surface area is 149 Å². The van der Waals surface area contributed by atoms with Crippen molar-refractivity contribution in [3.8, 4) is 5.75 Å². The Kier molecular flexibility index (Phi) is 5.66. The van der Waals surface area contributed by atoms with Crippen molar-refractivity contribution in [3.63, 3.8) is 0 Å². The van der Waals surface area contributed by atoms with Gasteiger partial charge in [0.25, 0.3) is 11.6 Å². The van der Waals surface area contributed by atoms with Gasteiger partial charge in [0.15, 0.2) is 5.11 Å². The smallest absolute Gasteiger partial charge is 0.273 e. The van der Waals surface area contributed by atoms with Crippen molar-refractivity contribution < 1.29 is 14.8 Å². The first-order chi connectivity index (χ1) is 11.8. The minimum Gasteiger partial charge on any atom is -0.506 e. The molecule has 1 amide bonds. The van der Waals surface area contributed by atoms with Crippen LogP contribution < -0.4 is 10.6 Å². The van der Waals surface area contributed by atoms with E-state index >= 15 is 0 Å². The van der Waals surface area contributed by atoms with E-state index in [1.807, 2.05) is 6.92 Å². The first-order valence-corrected chi connectivity index (χ1v) is 7.92. The molecule has 0 aliphatic carbocycles. The van der Waals surface area contributed by atoms with Crippen LogP contribution >= 0.6 is 12.2 Å². The van der Waals surface area contributed by atoms with Crippen LogP contribution in [0, 0.1) is 17.0 Å². The second-order valence-electron chi connectivity index (χ2n) is 5.32. The van der Waals surface area contributed by atoms with Gasteiger partial charge in [0, 0.05) is 17.2 Å². The lowest BCUT2D eigenvalue weighted by Crippen LogP contribution is -2.34. The molecule has 3 N–H and O–H groups in total. The van der Waals surface area contributed by atoms with Crippen LogP contribution in [0.5, 0.6) is 5.75 Å². The predicted molar refractivity (Wildman–Crippen MR) is 99.0 cm³/mol. The van der Waals surface area contributed by atoms with Crippen LogP contribution in [0.4, 0.5) is 11.4 Å². The number of phenolic OH excluding ortho intramolecular Hbond substituents is 1. The van der Waals surface area contributed by atoms with Crippen molar-refractivity contribution in [2.45, 2.75) is 20.3 Å². The van der Waals surface area contributed by atoms with Crippen LogP contribution in [0.2, 0.25) is 0 Å². The highest BCUT2D eigenvalue weighted by atomic mass is 32.1. The Balaban J connectivity index is 2.15. The molecule has 2 aromatic carbocycles. The van der Waals surface area contributed by atoms with Crippen molar-refractivity contribution in [3.05, 3.63) is 63.2 Å². The normalized spacial score (nSPS) is 10.2. The molecule has 0 saturated carbocycles. The third kappa shape index (κ3) is 4.30. The van der Waals surface area contributed by atoms with E-state index in [1.165, 1.54) is 31.2 Å². The Bertz CT molecular complexity index is 852. The molecule has 2 rings (SSSR count). The highest BCUT2D eigenvalue weighted by Gasteiger charge is 2.18. The number of thiocarbonyl (C=S) groups is 1. The largest absolute Gasteiger partial charge is 0.506 e. The Morgan fingerprint density at radius 2 is 2.04 bits per heavy atom. The molecule has 0 radical (unpaired) electrons. The lowest BCUT2D eigenvalue weighted by atomic mass is 10.1. The molecule has 0 bridgehead atoms. The van der Waals surface area contributed by atoms with E-state index in [2.05, 4.69) is 10.6 Å². The summed E-state index contributed by atoms with van der Waals surface area (Å²) in [5, 5.41) is 26.0. The van der Waals surface area contributed by atoms with Gasteiger partial charge in [-0.25, -0.2) is 0 Å². The summed E-state index contributed by atoms with van der Waals surface area (Å²) in [6.07, 6.45) is 0.779. The quantitative estimate of drug-likeness (QED) is 0.335. The number of aryl methyl sites for hydroxylation is 1. The van der Waals surface area contributed by atoms with E-state index in [9.17, 15) is 20.0 Å². The van der Waals surface area contributed by atoms with Gasteiger partial charge < -0.3 is 10.4 Å². The molecule has 130 valence electrons. The van der Waals surface area contributed by atoms with E-state index in [-0.39, 0.29) is 27.7 Å². The van der Waals surface area contributed by atoms with Crippen LogP contribution in [-0.2, 0) is 6.42 Å². The van der Waals surface area contributed by atoms with Gasteiger partial charge in [-0.05, 0) is 49.3 Å². The summed E-state index contributed by atoms with van der Waals surface area (Å²) in [7, 11) is 0. The summed E-state index contributed by atoms with van der Waals surface area (Å²) in [5.41, 5.74) is 1.64. The molecule has 0 spiro atoms. The van der Waals surface area contributed by atoms with Crippen molar-refractivity contribution in [1.82, 2.24) is 5.32 Å². The van der Waals surface area contributed by atoms with Gasteiger partial charge in [-0.1, -0.05) is 19.1 Å². The summed E-state index contributed by atoms with van der Waals surface area (Å²) in [4.78, 5) is 22.7. The number of rotatable bonds is 4. The molecule has 0 saturated heterocycles. The van der Waals surface area contributed by atoms with Gasteiger partial charge in [-0.3, -0.25) is 20.2 Å². The minimum atomic E-state index is -0.565. The fraction of sp³-hybridized carbons (Fsp3) is 0.176. The summed E-state index contributed by atoms with van der Waals surface area (Å²) in [6.45, 7) is 3.47. The summed E-state index contributed by atoms with van der Waals surface area (Å²) >= 11 is 5.09. The number of hydrogen-bond donors (Lipinski definition) is 3. The highest BCUT2D eigenvalue weighted by molar-refractivity contribution is 7.80. The second kappa shape index (κ2) is 7.71. The molecular formula is C17H17N3O4S. The average molecular weight is 359 g/mol. The maximum atomic E-state index is 12.3. The van der Waals surface area contributed by atoms with Gasteiger partial charge in [0.1, 0.15) is 5.75 Å². The zero-order chi connectivity index (χ0) is 18.6. The van der Waals surface area contributed by atoms with E-state index in [0.29, 0.717) is 5.69 Å². The zero-order valence-electron chi connectivity index (χ0n) is 13.7. The third-order valence-corrected chi connectivity index (χ3v) is 3.90. The molecule has 0 unspecified atom stereocenters. The molecule has 2 aromatic rings. The fourth-order valence-corrected chi connectivity index (χ4v) is 2.50. The van der Waals surface area contributed by atoms with Crippen molar-refractivity contribution >= 4 is 34.6 Å². The molecule has 0 aliphatic heterocycles. The number of nitro groups is 1. The number of carbonyl (C=O) groups excluding carboxylic acids is 1. The molecule has 0 heterocycles. The van der Waals surface area contributed by atoms with Crippen molar-refractivity contribution in [2.75, 3.05) is 5.32 Å². The summed E-state index contributed by atoms with van der Waals surface area (Å²) < 4.78 is 0. The van der Waals surface area contributed by atoms with Gasteiger partial charge in [0.2, 0.25) is 0 Å². The summed E-state index contributed by atoms with van der Waals surface area (Å²) in [6, 6.07) is 9.30. The molecule has 25 heavy (non-hydrogen) atoms. The number of phenols is 1. The van der Waals surface area contributed by atoms with E-state index in [4.69, 9.17) is 12.2 Å². The number of benzene rings is 2. The topological polar surface area (TPSA) is 104 Å². The number of amides is 1. The number of aromatic hydroxyl groups is 1. The molecule has 0 fully saturated rings. The minimum absolute atomic E-state index is 0.000304. The Morgan fingerprint density at radius 1 is 1.32 bits per heavy atom. The highest BCUT2D eigenvalue weighted by Crippen LogP contribution is 2.24.